The molecule has 0 saturated carbocycles. The largest absolute Gasteiger partial charge is 0.402 e. The van der Waals surface area contributed by atoms with Gasteiger partial charge in [-0.05, 0) is 13.3 Å². The fourth-order valence-electron chi connectivity index (χ4n) is 1.58. The Kier molecular flexibility index (Phi) is 3.28. The van der Waals surface area contributed by atoms with Crippen LogP contribution in [-0.4, -0.2) is 37.2 Å². The molecule has 0 unspecified atom stereocenters. The van der Waals surface area contributed by atoms with E-state index in [1.807, 2.05) is 6.92 Å². The molecule has 2 N–H and O–H groups in total. The van der Waals surface area contributed by atoms with E-state index in [2.05, 4.69) is 4.99 Å². The number of carbonyl (C=O) groups is 1. The van der Waals surface area contributed by atoms with E-state index in [4.69, 9.17) is 5.73 Å². The van der Waals surface area contributed by atoms with Crippen LogP contribution in [-0.2, 0) is 4.79 Å². The van der Waals surface area contributed by atoms with Gasteiger partial charge >= 0.3 is 0 Å². The van der Waals surface area contributed by atoms with Crippen LogP contribution < -0.4 is 5.73 Å². The third kappa shape index (κ3) is 2.13. The van der Waals surface area contributed by atoms with Crippen molar-refractivity contribution in [3.63, 3.8) is 0 Å². The van der Waals surface area contributed by atoms with Crippen molar-refractivity contribution in [3.8, 4) is 0 Å². The van der Waals surface area contributed by atoms with Gasteiger partial charge in [0.15, 0.2) is 0 Å². The fourth-order valence-corrected chi connectivity index (χ4v) is 1.58. The summed E-state index contributed by atoms with van der Waals surface area (Å²) in [7, 11) is 3.54. The van der Waals surface area contributed by atoms with Gasteiger partial charge in [0.05, 0.1) is 0 Å². The number of likely N-dealkylation sites (tertiary alicyclic amines) is 1. The predicted molar refractivity (Wildman–Crippen MR) is 57.1 cm³/mol. The summed E-state index contributed by atoms with van der Waals surface area (Å²) in [5.74, 6) is 0.155. The molecule has 0 aromatic rings. The van der Waals surface area contributed by atoms with Gasteiger partial charge in [-0.3, -0.25) is 9.79 Å². The van der Waals surface area contributed by atoms with Crippen molar-refractivity contribution in [3.05, 3.63) is 11.3 Å². The Labute approximate surface area is 84.5 Å². The summed E-state index contributed by atoms with van der Waals surface area (Å²) in [4.78, 5) is 17.3. The Hall–Kier alpha value is -1.32. The highest BCUT2D eigenvalue weighted by molar-refractivity contribution is 6.04. The second-order valence-corrected chi connectivity index (χ2v) is 3.58. The topological polar surface area (TPSA) is 58.7 Å². The van der Waals surface area contributed by atoms with Crippen LogP contribution >= 0.6 is 0 Å². The van der Waals surface area contributed by atoms with Crippen molar-refractivity contribution in [2.45, 2.75) is 19.8 Å². The highest BCUT2D eigenvalue weighted by atomic mass is 16.2. The van der Waals surface area contributed by atoms with E-state index in [0.29, 0.717) is 19.4 Å². The van der Waals surface area contributed by atoms with Gasteiger partial charge in [0.1, 0.15) is 0 Å². The summed E-state index contributed by atoms with van der Waals surface area (Å²) in [6, 6.07) is 0. The summed E-state index contributed by atoms with van der Waals surface area (Å²) < 4.78 is 0. The third-order valence-corrected chi connectivity index (χ3v) is 2.49. The van der Waals surface area contributed by atoms with Crippen molar-refractivity contribution in [2.75, 3.05) is 20.6 Å². The molecule has 4 heteroatoms. The van der Waals surface area contributed by atoms with Crippen LogP contribution in [0.4, 0.5) is 0 Å². The first-order chi connectivity index (χ1) is 6.56. The minimum Gasteiger partial charge on any atom is -0.402 e. The third-order valence-electron chi connectivity index (χ3n) is 2.49. The molecule has 0 aromatic carbocycles. The molecule has 14 heavy (non-hydrogen) atoms. The number of hydrogen-bond donors (Lipinski definition) is 1. The van der Waals surface area contributed by atoms with Gasteiger partial charge in [0, 0.05) is 44.0 Å². The Morgan fingerprint density at radius 1 is 1.50 bits per heavy atom. The second kappa shape index (κ2) is 4.26. The number of amides is 1. The Balaban J connectivity index is 3.02. The number of carbonyl (C=O) groups excluding carboxylic acids is 1. The number of likely N-dealkylation sites (N-methyl/N-ethyl adjacent to an activating group) is 1. The van der Waals surface area contributed by atoms with E-state index in [1.54, 1.807) is 19.0 Å². The SMILES string of the molecule is CN=C1CCC(=O)N(C)C/C1=C(\C)N. The van der Waals surface area contributed by atoms with Gasteiger partial charge < -0.3 is 10.6 Å². The van der Waals surface area contributed by atoms with Crippen LogP contribution in [0, 0.1) is 0 Å². The lowest BCUT2D eigenvalue weighted by Gasteiger charge is -2.15. The van der Waals surface area contributed by atoms with Crippen LogP contribution in [0.3, 0.4) is 0 Å². The van der Waals surface area contributed by atoms with Gasteiger partial charge in [-0.15, -0.1) is 0 Å². The summed E-state index contributed by atoms with van der Waals surface area (Å²) in [6.45, 7) is 2.43. The number of hydrogen-bond acceptors (Lipinski definition) is 3. The molecule has 4 nitrogen and oxygen atoms in total. The number of allylic oxidation sites excluding steroid dienone is 1. The van der Waals surface area contributed by atoms with Gasteiger partial charge in [0.2, 0.25) is 5.91 Å². The molecule has 1 aliphatic heterocycles. The molecule has 1 fully saturated rings. The van der Waals surface area contributed by atoms with Crippen LogP contribution in [0.15, 0.2) is 16.3 Å². The highest BCUT2D eigenvalue weighted by Gasteiger charge is 2.20. The minimum absolute atomic E-state index is 0.155. The summed E-state index contributed by atoms with van der Waals surface area (Å²) in [5.41, 5.74) is 8.49. The average molecular weight is 195 g/mol. The van der Waals surface area contributed by atoms with Crippen molar-refractivity contribution in [1.29, 1.82) is 0 Å². The number of nitrogens with two attached hydrogens (primary N) is 1. The molecule has 1 saturated heterocycles. The molecule has 0 aromatic heterocycles. The van der Waals surface area contributed by atoms with Crippen molar-refractivity contribution in [1.82, 2.24) is 4.90 Å². The fraction of sp³-hybridized carbons (Fsp3) is 0.600. The number of aliphatic imine (C=N–C) groups is 1. The molecule has 0 atom stereocenters. The molecular weight excluding hydrogens is 178 g/mol. The lowest BCUT2D eigenvalue weighted by atomic mass is 10.1. The zero-order valence-corrected chi connectivity index (χ0v) is 9.00. The molecule has 0 radical (unpaired) electrons. The monoisotopic (exact) mass is 195 g/mol. The van der Waals surface area contributed by atoms with Gasteiger partial charge in [-0.25, -0.2) is 0 Å². The van der Waals surface area contributed by atoms with E-state index in [0.717, 1.165) is 17.0 Å². The quantitative estimate of drug-likeness (QED) is 0.613. The lowest BCUT2D eigenvalue weighted by Crippen LogP contribution is -2.27. The standard InChI is InChI=1S/C10H17N3O/c1-7(11)8-6-13(3)10(14)5-4-9(8)12-2/h4-6,11H2,1-3H3/b8-7-,12-9?. The highest BCUT2D eigenvalue weighted by Crippen LogP contribution is 2.15. The normalized spacial score (nSPS) is 25.2. The summed E-state index contributed by atoms with van der Waals surface area (Å²) >= 11 is 0. The molecule has 0 aliphatic carbocycles. The number of nitrogens with zero attached hydrogens (tertiary/aromatic N) is 2. The van der Waals surface area contributed by atoms with E-state index in [9.17, 15) is 4.79 Å². The van der Waals surface area contributed by atoms with E-state index in [-0.39, 0.29) is 5.91 Å². The first-order valence-corrected chi connectivity index (χ1v) is 4.71. The zero-order valence-electron chi connectivity index (χ0n) is 9.00. The van der Waals surface area contributed by atoms with Crippen molar-refractivity contribution < 1.29 is 4.79 Å². The van der Waals surface area contributed by atoms with Crippen LogP contribution in [0.2, 0.25) is 0 Å². The molecule has 1 aliphatic rings. The average Bonchev–Trinajstić information content (AvgIpc) is 2.28. The smallest absolute Gasteiger partial charge is 0.223 e. The predicted octanol–water partition coefficient (Wildman–Crippen LogP) is 0.542. The van der Waals surface area contributed by atoms with Gasteiger partial charge in [-0.1, -0.05) is 0 Å². The first kappa shape index (κ1) is 10.8. The summed E-state index contributed by atoms with van der Waals surface area (Å²) in [6.07, 6.45) is 1.23. The lowest BCUT2D eigenvalue weighted by molar-refractivity contribution is -0.129. The molecule has 1 heterocycles. The maximum atomic E-state index is 11.5. The molecule has 0 spiro atoms. The van der Waals surface area contributed by atoms with E-state index < -0.39 is 0 Å². The van der Waals surface area contributed by atoms with Gasteiger partial charge in [-0.2, -0.15) is 0 Å². The maximum Gasteiger partial charge on any atom is 0.223 e. The first-order valence-electron chi connectivity index (χ1n) is 4.71. The Bertz CT molecular complexity index is 300. The molecule has 0 bridgehead atoms. The molecule has 1 rings (SSSR count). The molecular formula is C10H17N3O. The van der Waals surface area contributed by atoms with Crippen LogP contribution in [0.25, 0.3) is 0 Å². The van der Waals surface area contributed by atoms with Crippen LogP contribution in [0.5, 0.6) is 0 Å². The zero-order chi connectivity index (χ0) is 10.7. The molecule has 1 amide bonds. The van der Waals surface area contributed by atoms with E-state index >= 15 is 0 Å². The van der Waals surface area contributed by atoms with Crippen LogP contribution in [0.1, 0.15) is 19.8 Å². The number of rotatable bonds is 0. The molecule has 78 valence electrons. The Morgan fingerprint density at radius 2 is 2.14 bits per heavy atom. The maximum absolute atomic E-state index is 11.5. The van der Waals surface area contributed by atoms with Crippen molar-refractivity contribution in [2.24, 2.45) is 10.7 Å². The van der Waals surface area contributed by atoms with E-state index in [1.165, 1.54) is 0 Å². The summed E-state index contributed by atoms with van der Waals surface area (Å²) in [5, 5.41) is 0. The van der Waals surface area contributed by atoms with Gasteiger partial charge in [0.25, 0.3) is 0 Å². The second-order valence-electron chi connectivity index (χ2n) is 3.58. The van der Waals surface area contributed by atoms with Crippen molar-refractivity contribution >= 4 is 11.6 Å². The Morgan fingerprint density at radius 3 is 2.64 bits per heavy atom. The minimum atomic E-state index is 0.155.